The molecule has 4 heterocycles. The van der Waals surface area contributed by atoms with Crippen molar-refractivity contribution in [2.24, 2.45) is 0 Å². The van der Waals surface area contributed by atoms with Gasteiger partial charge in [0.2, 0.25) is 0 Å². The number of aromatic nitrogens is 3. The number of carbonyl (C=O) groups is 1. The molecule has 0 aliphatic carbocycles. The fourth-order valence-electron chi connectivity index (χ4n) is 3.59. The van der Waals surface area contributed by atoms with Gasteiger partial charge in [-0.05, 0) is 18.2 Å². The minimum Gasteiger partial charge on any atom is -0.383 e. The van der Waals surface area contributed by atoms with Crippen LogP contribution in [0.4, 0.5) is 0 Å². The van der Waals surface area contributed by atoms with E-state index in [9.17, 15) is 4.79 Å². The Morgan fingerprint density at radius 2 is 2.14 bits per heavy atom. The van der Waals surface area contributed by atoms with Gasteiger partial charge < -0.3 is 23.8 Å². The van der Waals surface area contributed by atoms with E-state index in [1.165, 1.54) is 0 Å². The van der Waals surface area contributed by atoms with E-state index in [1.807, 2.05) is 45.6 Å². The van der Waals surface area contributed by atoms with Gasteiger partial charge in [-0.25, -0.2) is 4.98 Å². The van der Waals surface area contributed by atoms with Crippen LogP contribution in [-0.4, -0.2) is 77.9 Å². The topological polar surface area (TPSA) is 73.0 Å². The van der Waals surface area contributed by atoms with Gasteiger partial charge >= 0.3 is 0 Å². The molecule has 0 spiro atoms. The highest BCUT2D eigenvalue weighted by Gasteiger charge is 2.18. The number of nitrogens with zero attached hydrogens (tertiary/aromatic N) is 4. The van der Waals surface area contributed by atoms with E-state index in [0.717, 1.165) is 56.3 Å². The number of imidazole rings is 1. The standard InChI is InChI=1S/C21H27N5O3/c1-28-11-8-25-15-18(23-16-25)20-14-17(19-4-2-3-6-26(19)20)21(27)22-5-7-24-9-12-29-13-10-24/h2-4,6,14-16H,5,7-13H2,1H3,(H,22,27). The molecule has 8 heteroatoms. The molecular formula is C21H27N5O3. The number of amides is 1. The van der Waals surface area contributed by atoms with Crippen LogP contribution in [0.1, 0.15) is 10.4 Å². The first-order valence-corrected chi connectivity index (χ1v) is 9.96. The first-order valence-electron chi connectivity index (χ1n) is 9.96. The number of nitrogens with one attached hydrogen (secondary N) is 1. The number of morpholine rings is 1. The number of methoxy groups -OCH3 is 1. The van der Waals surface area contributed by atoms with Crippen LogP contribution in [0.25, 0.3) is 16.9 Å². The highest BCUT2D eigenvalue weighted by Crippen LogP contribution is 2.25. The summed E-state index contributed by atoms with van der Waals surface area (Å²) >= 11 is 0. The SMILES string of the molecule is COCCn1cnc(-c2cc(C(=O)NCCN3CCOCC3)c3ccccn23)c1. The molecular weight excluding hydrogens is 370 g/mol. The lowest BCUT2D eigenvalue weighted by Gasteiger charge is -2.26. The molecule has 1 aliphatic heterocycles. The van der Waals surface area contributed by atoms with Crippen molar-refractivity contribution in [2.45, 2.75) is 6.54 Å². The van der Waals surface area contributed by atoms with Crippen molar-refractivity contribution in [1.29, 1.82) is 0 Å². The van der Waals surface area contributed by atoms with E-state index in [-0.39, 0.29) is 5.91 Å². The fraction of sp³-hybridized carbons (Fsp3) is 0.429. The number of hydrogen-bond acceptors (Lipinski definition) is 5. The predicted molar refractivity (Wildman–Crippen MR) is 110 cm³/mol. The Labute approximate surface area is 170 Å². The Bertz CT molecular complexity index is 958. The van der Waals surface area contributed by atoms with Gasteiger partial charge in [0, 0.05) is 52.2 Å². The van der Waals surface area contributed by atoms with Gasteiger partial charge in [0.25, 0.3) is 5.91 Å². The molecule has 1 saturated heterocycles. The van der Waals surface area contributed by atoms with Gasteiger partial charge in [0.05, 0.1) is 42.9 Å². The van der Waals surface area contributed by atoms with Gasteiger partial charge in [-0.1, -0.05) is 6.07 Å². The lowest BCUT2D eigenvalue weighted by Crippen LogP contribution is -2.41. The van der Waals surface area contributed by atoms with Crippen LogP contribution in [0.3, 0.4) is 0 Å². The number of rotatable bonds is 8. The summed E-state index contributed by atoms with van der Waals surface area (Å²) in [5, 5.41) is 3.06. The Kier molecular flexibility index (Phi) is 6.24. The minimum absolute atomic E-state index is 0.0629. The van der Waals surface area contributed by atoms with Crippen LogP contribution in [0.2, 0.25) is 0 Å². The predicted octanol–water partition coefficient (Wildman–Crippen LogP) is 1.51. The summed E-state index contributed by atoms with van der Waals surface area (Å²) in [7, 11) is 1.68. The summed E-state index contributed by atoms with van der Waals surface area (Å²) in [6.45, 7) is 6.17. The van der Waals surface area contributed by atoms with E-state index >= 15 is 0 Å². The molecule has 1 fully saturated rings. The molecule has 0 bridgehead atoms. The summed E-state index contributed by atoms with van der Waals surface area (Å²) in [6.07, 6.45) is 5.73. The lowest BCUT2D eigenvalue weighted by atomic mass is 10.2. The smallest absolute Gasteiger partial charge is 0.253 e. The number of ether oxygens (including phenoxy) is 2. The van der Waals surface area contributed by atoms with Crippen molar-refractivity contribution in [2.75, 3.05) is 53.1 Å². The molecule has 1 aliphatic rings. The Morgan fingerprint density at radius 1 is 1.28 bits per heavy atom. The summed E-state index contributed by atoms with van der Waals surface area (Å²) in [6, 6.07) is 7.78. The highest BCUT2D eigenvalue weighted by atomic mass is 16.5. The van der Waals surface area contributed by atoms with Crippen molar-refractivity contribution in [3.05, 3.63) is 48.5 Å². The van der Waals surface area contributed by atoms with Gasteiger partial charge in [0.15, 0.2) is 0 Å². The monoisotopic (exact) mass is 397 g/mol. The molecule has 29 heavy (non-hydrogen) atoms. The minimum atomic E-state index is -0.0629. The number of carbonyl (C=O) groups excluding carboxylic acids is 1. The summed E-state index contributed by atoms with van der Waals surface area (Å²) in [4.78, 5) is 19.7. The Hall–Kier alpha value is -2.68. The van der Waals surface area contributed by atoms with Gasteiger partial charge in [0.1, 0.15) is 5.69 Å². The van der Waals surface area contributed by atoms with Gasteiger partial charge in [-0.2, -0.15) is 0 Å². The number of hydrogen-bond donors (Lipinski definition) is 1. The Morgan fingerprint density at radius 3 is 2.97 bits per heavy atom. The third-order valence-corrected chi connectivity index (χ3v) is 5.19. The van der Waals surface area contributed by atoms with E-state index in [0.29, 0.717) is 18.7 Å². The average Bonchev–Trinajstić information content (AvgIpc) is 3.37. The number of pyridine rings is 1. The second kappa shape index (κ2) is 9.21. The first kappa shape index (κ1) is 19.6. The quantitative estimate of drug-likeness (QED) is 0.624. The average molecular weight is 397 g/mol. The van der Waals surface area contributed by atoms with Crippen molar-refractivity contribution < 1.29 is 14.3 Å². The molecule has 0 unspecified atom stereocenters. The molecule has 4 rings (SSSR count). The van der Waals surface area contributed by atoms with Crippen LogP contribution >= 0.6 is 0 Å². The van der Waals surface area contributed by atoms with Crippen molar-refractivity contribution in [3.8, 4) is 11.4 Å². The molecule has 3 aromatic rings. The molecule has 1 N–H and O–H groups in total. The molecule has 154 valence electrons. The summed E-state index contributed by atoms with van der Waals surface area (Å²) < 4.78 is 14.5. The molecule has 0 radical (unpaired) electrons. The summed E-state index contributed by atoms with van der Waals surface area (Å²) in [5.74, 6) is -0.0629. The molecule has 0 aromatic carbocycles. The fourth-order valence-corrected chi connectivity index (χ4v) is 3.59. The number of fused-ring (bicyclic) bond motifs is 1. The zero-order valence-electron chi connectivity index (χ0n) is 16.7. The normalized spacial score (nSPS) is 15.1. The van der Waals surface area contributed by atoms with E-state index < -0.39 is 0 Å². The van der Waals surface area contributed by atoms with Crippen LogP contribution in [0.15, 0.2) is 43.0 Å². The highest BCUT2D eigenvalue weighted by molar-refractivity contribution is 6.02. The molecule has 3 aromatic heterocycles. The third kappa shape index (κ3) is 4.50. The van der Waals surface area contributed by atoms with Crippen LogP contribution in [0.5, 0.6) is 0 Å². The molecule has 0 saturated carbocycles. The van der Waals surface area contributed by atoms with Crippen LogP contribution in [0, 0.1) is 0 Å². The van der Waals surface area contributed by atoms with Gasteiger partial charge in [-0.3, -0.25) is 9.69 Å². The third-order valence-electron chi connectivity index (χ3n) is 5.19. The maximum Gasteiger partial charge on any atom is 0.253 e. The van der Waals surface area contributed by atoms with Crippen LogP contribution < -0.4 is 5.32 Å². The molecule has 8 nitrogen and oxygen atoms in total. The zero-order chi connectivity index (χ0) is 20.1. The zero-order valence-corrected chi connectivity index (χ0v) is 16.7. The summed E-state index contributed by atoms with van der Waals surface area (Å²) in [5.41, 5.74) is 3.26. The van der Waals surface area contributed by atoms with E-state index in [2.05, 4.69) is 15.2 Å². The second-order valence-corrected chi connectivity index (χ2v) is 7.10. The maximum atomic E-state index is 12.9. The van der Waals surface area contributed by atoms with Crippen molar-refractivity contribution in [3.63, 3.8) is 0 Å². The van der Waals surface area contributed by atoms with Crippen LogP contribution in [-0.2, 0) is 16.0 Å². The lowest BCUT2D eigenvalue weighted by molar-refractivity contribution is 0.0383. The first-order chi connectivity index (χ1) is 14.3. The van der Waals surface area contributed by atoms with E-state index in [1.54, 1.807) is 13.4 Å². The van der Waals surface area contributed by atoms with Gasteiger partial charge in [-0.15, -0.1) is 0 Å². The maximum absolute atomic E-state index is 12.9. The van der Waals surface area contributed by atoms with Crippen molar-refractivity contribution >= 4 is 11.4 Å². The Balaban J connectivity index is 1.50. The molecule has 1 amide bonds. The second-order valence-electron chi connectivity index (χ2n) is 7.10. The largest absolute Gasteiger partial charge is 0.383 e. The van der Waals surface area contributed by atoms with E-state index in [4.69, 9.17) is 9.47 Å². The molecule has 0 atom stereocenters. The van der Waals surface area contributed by atoms with Crippen molar-refractivity contribution in [1.82, 2.24) is 24.2 Å².